The van der Waals surface area contributed by atoms with Crippen molar-refractivity contribution in [2.45, 2.75) is 20.3 Å². The van der Waals surface area contributed by atoms with Gasteiger partial charge in [-0.25, -0.2) is 4.99 Å². The summed E-state index contributed by atoms with van der Waals surface area (Å²) in [5.74, 6) is 0. The lowest BCUT2D eigenvalue weighted by Gasteiger charge is -2.20. The first kappa shape index (κ1) is 12.8. The summed E-state index contributed by atoms with van der Waals surface area (Å²) in [7, 11) is 0. The summed E-state index contributed by atoms with van der Waals surface area (Å²) >= 11 is 0. The number of fused-ring (bicyclic) bond motifs is 1. The van der Waals surface area contributed by atoms with Gasteiger partial charge in [-0.05, 0) is 18.9 Å². The van der Waals surface area contributed by atoms with Gasteiger partial charge in [0.1, 0.15) is 11.4 Å². The Hall–Kier alpha value is -2.23. The third-order valence-electron chi connectivity index (χ3n) is 3.50. The van der Waals surface area contributed by atoms with Gasteiger partial charge in [0.05, 0.1) is 18.0 Å². The molecule has 0 saturated heterocycles. The Kier molecular flexibility index (Phi) is 3.46. The van der Waals surface area contributed by atoms with Gasteiger partial charge in [0.2, 0.25) is 0 Å². The van der Waals surface area contributed by atoms with Crippen molar-refractivity contribution >= 4 is 5.71 Å². The number of nitrogens with zero attached hydrogens (tertiary/aromatic N) is 2. The highest BCUT2D eigenvalue weighted by molar-refractivity contribution is 6.03. The van der Waals surface area contributed by atoms with Crippen LogP contribution in [-0.4, -0.2) is 23.8 Å². The van der Waals surface area contributed by atoms with Gasteiger partial charge in [0, 0.05) is 12.7 Å². The van der Waals surface area contributed by atoms with Crippen LogP contribution in [0.2, 0.25) is 0 Å². The number of hydrogen-bond donors (Lipinski definition) is 2. The third kappa shape index (κ3) is 2.29. The van der Waals surface area contributed by atoms with Crippen LogP contribution in [0.4, 0.5) is 0 Å². The molecule has 2 heterocycles. The monoisotopic (exact) mass is 268 g/mol. The molecule has 1 aromatic rings. The van der Waals surface area contributed by atoms with Crippen LogP contribution in [0.25, 0.3) is 0 Å². The summed E-state index contributed by atoms with van der Waals surface area (Å²) in [6.45, 7) is 5.99. The molecule has 1 aromatic carbocycles. The van der Waals surface area contributed by atoms with Gasteiger partial charge in [-0.1, -0.05) is 37.3 Å². The van der Waals surface area contributed by atoms with Crippen LogP contribution in [0, 0.1) is 0 Å². The fourth-order valence-electron chi connectivity index (χ4n) is 2.54. The summed E-state index contributed by atoms with van der Waals surface area (Å²) in [6.07, 6.45) is 3.16. The SMILES string of the molecule is CCCN1NC(C)=C2N=C(c3ccccc3)CNC=C21. The van der Waals surface area contributed by atoms with Crippen molar-refractivity contribution in [3.63, 3.8) is 0 Å². The largest absolute Gasteiger partial charge is 0.383 e. The van der Waals surface area contributed by atoms with E-state index in [9.17, 15) is 0 Å². The van der Waals surface area contributed by atoms with E-state index >= 15 is 0 Å². The van der Waals surface area contributed by atoms with Crippen LogP contribution in [-0.2, 0) is 0 Å². The van der Waals surface area contributed by atoms with E-state index in [1.54, 1.807) is 0 Å². The summed E-state index contributed by atoms with van der Waals surface area (Å²) in [5.41, 5.74) is 8.93. The predicted octanol–water partition coefficient (Wildman–Crippen LogP) is 2.38. The average Bonchev–Trinajstić information content (AvgIpc) is 2.67. The minimum absolute atomic E-state index is 0.754. The summed E-state index contributed by atoms with van der Waals surface area (Å²) in [4.78, 5) is 4.88. The Morgan fingerprint density at radius 1 is 1.25 bits per heavy atom. The zero-order valence-electron chi connectivity index (χ0n) is 12.0. The first-order valence-corrected chi connectivity index (χ1v) is 7.11. The second-order valence-corrected chi connectivity index (χ2v) is 5.07. The van der Waals surface area contributed by atoms with Gasteiger partial charge in [-0.15, -0.1) is 0 Å². The molecule has 0 unspecified atom stereocenters. The standard InChI is InChI=1S/C16H20N4/c1-3-9-20-15-11-17-10-14(13-7-5-4-6-8-13)18-16(15)12(2)19-20/h4-8,11,17,19H,3,9-10H2,1-2H3. The van der Waals surface area contributed by atoms with E-state index in [1.165, 1.54) is 5.56 Å². The van der Waals surface area contributed by atoms with Crippen molar-refractivity contribution < 1.29 is 0 Å². The number of aliphatic imine (C=N–C) groups is 1. The van der Waals surface area contributed by atoms with Gasteiger partial charge in [0.15, 0.2) is 0 Å². The zero-order chi connectivity index (χ0) is 13.9. The van der Waals surface area contributed by atoms with Crippen LogP contribution in [0.3, 0.4) is 0 Å². The highest BCUT2D eigenvalue weighted by atomic mass is 15.5. The first-order chi connectivity index (χ1) is 9.79. The molecule has 0 aromatic heterocycles. The molecule has 0 atom stereocenters. The minimum Gasteiger partial charge on any atom is -0.383 e. The zero-order valence-corrected chi connectivity index (χ0v) is 12.0. The molecule has 4 heteroatoms. The Bertz CT molecular complexity index is 584. The molecular weight excluding hydrogens is 248 g/mol. The second kappa shape index (κ2) is 5.41. The maximum Gasteiger partial charge on any atom is 0.110 e. The molecule has 0 fully saturated rings. The maximum atomic E-state index is 4.88. The number of hydrazine groups is 1. The lowest BCUT2D eigenvalue weighted by atomic mass is 10.1. The molecule has 0 aliphatic carbocycles. The van der Waals surface area contributed by atoms with E-state index in [-0.39, 0.29) is 0 Å². The molecule has 104 valence electrons. The van der Waals surface area contributed by atoms with Crippen LogP contribution in [0.1, 0.15) is 25.8 Å². The van der Waals surface area contributed by atoms with E-state index < -0.39 is 0 Å². The smallest absolute Gasteiger partial charge is 0.110 e. The highest BCUT2D eigenvalue weighted by Crippen LogP contribution is 2.26. The van der Waals surface area contributed by atoms with Gasteiger partial charge in [-0.3, -0.25) is 5.01 Å². The number of hydrogen-bond acceptors (Lipinski definition) is 4. The quantitative estimate of drug-likeness (QED) is 0.884. The topological polar surface area (TPSA) is 39.7 Å². The van der Waals surface area contributed by atoms with Crippen molar-refractivity contribution in [1.82, 2.24) is 15.8 Å². The Labute approximate surface area is 119 Å². The van der Waals surface area contributed by atoms with E-state index in [1.807, 2.05) is 6.07 Å². The normalized spacial score (nSPS) is 17.8. The molecule has 2 aliphatic rings. The van der Waals surface area contributed by atoms with Crippen molar-refractivity contribution in [1.29, 1.82) is 0 Å². The lowest BCUT2D eigenvalue weighted by Crippen LogP contribution is -2.32. The molecule has 3 rings (SSSR count). The molecule has 20 heavy (non-hydrogen) atoms. The third-order valence-corrected chi connectivity index (χ3v) is 3.50. The number of allylic oxidation sites excluding steroid dienone is 1. The number of nitrogens with one attached hydrogen (secondary N) is 2. The Balaban J connectivity index is 1.95. The number of benzene rings is 1. The minimum atomic E-state index is 0.754. The molecule has 0 radical (unpaired) electrons. The van der Waals surface area contributed by atoms with Crippen LogP contribution >= 0.6 is 0 Å². The molecule has 0 spiro atoms. The summed E-state index contributed by atoms with van der Waals surface area (Å²) in [6, 6.07) is 10.3. The molecule has 2 N–H and O–H groups in total. The van der Waals surface area contributed by atoms with E-state index in [0.717, 1.165) is 42.3 Å². The Morgan fingerprint density at radius 3 is 2.80 bits per heavy atom. The first-order valence-electron chi connectivity index (χ1n) is 7.11. The summed E-state index contributed by atoms with van der Waals surface area (Å²) in [5, 5.41) is 5.53. The van der Waals surface area contributed by atoms with Crippen molar-refractivity contribution in [2.24, 2.45) is 4.99 Å². The van der Waals surface area contributed by atoms with E-state index in [4.69, 9.17) is 4.99 Å². The second-order valence-electron chi connectivity index (χ2n) is 5.07. The average molecular weight is 268 g/mol. The highest BCUT2D eigenvalue weighted by Gasteiger charge is 2.25. The van der Waals surface area contributed by atoms with Gasteiger partial charge in [-0.2, -0.15) is 0 Å². The van der Waals surface area contributed by atoms with Crippen LogP contribution < -0.4 is 10.7 Å². The molecule has 2 aliphatic heterocycles. The molecule has 0 bridgehead atoms. The molecule has 4 nitrogen and oxygen atoms in total. The van der Waals surface area contributed by atoms with Gasteiger partial charge < -0.3 is 10.7 Å². The van der Waals surface area contributed by atoms with Crippen LogP contribution in [0.15, 0.2) is 58.6 Å². The predicted molar refractivity (Wildman–Crippen MR) is 81.9 cm³/mol. The summed E-state index contributed by atoms with van der Waals surface area (Å²) < 4.78 is 0. The van der Waals surface area contributed by atoms with Crippen molar-refractivity contribution in [3.8, 4) is 0 Å². The van der Waals surface area contributed by atoms with Crippen LogP contribution in [0.5, 0.6) is 0 Å². The number of rotatable bonds is 3. The van der Waals surface area contributed by atoms with Gasteiger partial charge >= 0.3 is 0 Å². The maximum absolute atomic E-state index is 4.88. The fraction of sp³-hybridized carbons (Fsp3) is 0.312. The molecular formula is C16H20N4. The lowest BCUT2D eigenvalue weighted by molar-refractivity contribution is 0.302. The molecule has 0 saturated carbocycles. The van der Waals surface area contributed by atoms with Gasteiger partial charge in [0.25, 0.3) is 0 Å². The van der Waals surface area contributed by atoms with E-state index in [0.29, 0.717) is 0 Å². The van der Waals surface area contributed by atoms with Crippen molar-refractivity contribution in [3.05, 3.63) is 59.2 Å². The van der Waals surface area contributed by atoms with Crippen molar-refractivity contribution in [2.75, 3.05) is 13.1 Å². The van der Waals surface area contributed by atoms with E-state index in [2.05, 4.69) is 60.1 Å². The fourth-order valence-corrected chi connectivity index (χ4v) is 2.54. The Morgan fingerprint density at radius 2 is 2.05 bits per heavy atom. The molecule has 0 amide bonds.